The summed E-state index contributed by atoms with van der Waals surface area (Å²) >= 11 is 20.3. The van der Waals surface area contributed by atoms with Crippen molar-refractivity contribution in [3.63, 3.8) is 0 Å². The average Bonchev–Trinajstić information content (AvgIpc) is 3.94. The van der Waals surface area contributed by atoms with Crippen LogP contribution < -0.4 is 0 Å². The predicted molar refractivity (Wildman–Crippen MR) is 337 cm³/mol. The van der Waals surface area contributed by atoms with Gasteiger partial charge in [0.2, 0.25) is 0 Å². The van der Waals surface area contributed by atoms with E-state index in [0.29, 0.717) is 0 Å². The molecule has 0 amide bonds. The molecular weight excluding hydrogens is 1280 g/mol. The molecule has 1 aliphatic rings. The molecule has 360 valence electrons. The van der Waals surface area contributed by atoms with Crippen LogP contribution in [0.1, 0.15) is 31.8 Å². The molecule has 0 bridgehead atoms. The van der Waals surface area contributed by atoms with Gasteiger partial charge in [-0.25, -0.2) is 0 Å². The average molecular weight is 1340 g/mol. The molecule has 0 heterocycles. The lowest BCUT2D eigenvalue weighted by Crippen LogP contribution is -2.14. The molecule has 0 saturated heterocycles. The summed E-state index contributed by atoms with van der Waals surface area (Å²) in [5.41, 5.74) is 10.7. The van der Waals surface area contributed by atoms with E-state index in [1.165, 1.54) is 81.3 Å². The summed E-state index contributed by atoms with van der Waals surface area (Å²) in [5.74, 6) is 0. The van der Waals surface area contributed by atoms with Crippen molar-refractivity contribution in [2.75, 3.05) is 0 Å². The Balaban J connectivity index is 0.000000126. The summed E-state index contributed by atoms with van der Waals surface area (Å²) in [6.07, 6.45) is 0. The molecular formula is C67H50Br6. The van der Waals surface area contributed by atoms with Gasteiger partial charge in [-0.2, -0.15) is 0 Å². The van der Waals surface area contributed by atoms with E-state index < -0.39 is 0 Å². The van der Waals surface area contributed by atoms with Crippen LogP contribution in [0.5, 0.6) is 0 Å². The number of hydrogen-bond donors (Lipinski definition) is 0. The first-order chi connectivity index (χ1) is 37.5. The first-order valence-electron chi connectivity index (χ1n) is 25.8. The molecule has 0 fully saturated rings. The van der Waals surface area contributed by atoms with Gasteiger partial charge in [0.05, 0.1) is 6.85 Å². The highest BCUT2D eigenvalue weighted by atomic mass is 79.9. The number of rotatable bonds is 2. The number of benzene rings is 12. The Hall–Kier alpha value is -5.44. The fourth-order valence-corrected chi connectivity index (χ4v) is 10.6. The lowest BCUT2D eigenvalue weighted by molar-refractivity contribution is 0.660. The highest BCUT2D eigenvalue weighted by Gasteiger charge is 2.34. The van der Waals surface area contributed by atoms with Gasteiger partial charge in [-0.15, -0.1) is 0 Å². The smallest absolute Gasteiger partial charge is 0.0622 e. The molecule has 12 aromatic rings. The molecule has 13 rings (SSSR count). The Morgan fingerprint density at radius 1 is 0.315 bits per heavy atom. The molecule has 0 aromatic heterocycles. The van der Waals surface area contributed by atoms with Gasteiger partial charge in [0.25, 0.3) is 0 Å². The van der Waals surface area contributed by atoms with Crippen molar-refractivity contribution < 1.29 is 6.85 Å². The van der Waals surface area contributed by atoms with Crippen LogP contribution in [0.25, 0.3) is 65.7 Å². The highest BCUT2D eigenvalue weighted by molar-refractivity contribution is 9.11. The van der Waals surface area contributed by atoms with Crippen LogP contribution in [0.3, 0.4) is 0 Å². The Morgan fingerprint density at radius 3 is 1.38 bits per heavy atom. The van der Waals surface area contributed by atoms with Gasteiger partial charge < -0.3 is 0 Å². The molecule has 0 saturated carbocycles. The topological polar surface area (TPSA) is 0 Å². The van der Waals surface area contributed by atoms with Gasteiger partial charge in [-0.1, -0.05) is 310 Å². The minimum Gasteiger partial charge on any atom is -0.0622 e. The second kappa shape index (κ2) is 26.2. The second-order valence-electron chi connectivity index (χ2n) is 17.2. The number of hydrogen-bond acceptors (Lipinski definition) is 0. The lowest BCUT2D eigenvalue weighted by Gasteiger charge is -2.21. The zero-order valence-electron chi connectivity index (χ0n) is 44.8. The van der Waals surface area contributed by atoms with Gasteiger partial charge in [0.15, 0.2) is 0 Å². The zero-order valence-corrected chi connectivity index (χ0v) is 49.3. The van der Waals surface area contributed by atoms with Crippen LogP contribution >= 0.6 is 95.6 Å². The molecule has 0 radical (unpaired) electrons. The van der Waals surface area contributed by atoms with Crippen LogP contribution in [-0.2, 0) is 5.41 Å². The van der Waals surface area contributed by atoms with Crippen molar-refractivity contribution in [2.24, 2.45) is 0 Å². The molecule has 0 spiro atoms. The van der Waals surface area contributed by atoms with E-state index in [4.69, 9.17) is 6.85 Å². The van der Waals surface area contributed by atoms with E-state index in [2.05, 4.69) is 291 Å². The summed E-state index contributed by atoms with van der Waals surface area (Å²) < 4.78 is 41.9. The standard InChI is InChI=1S/C16H9Br.C15H13Br.2C12H9Br.2C6H5Br/c17-14-9-7-12-5-4-10-2-1-3-11-6-8-13(14)16(12)15(10)11;1-15(2)13-6-4-3-5-11(13)12-8-7-10(16)9-14(12)15;13-12-8-4-7-11(9-12)10-5-2-1-3-6-10;13-12-8-6-11(7-9-12)10-4-2-1-3-5-10;2*7-6-4-2-1-3-5-6/h1-9H;3-9H,1-2H3;2*1-9H;2*1-5H/i;;;;1D,2D,3D,4D,5D;. The van der Waals surface area contributed by atoms with Crippen LogP contribution in [0, 0.1) is 0 Å². The molecule has 73 heavy (non-hydrogen) atoms. The van der Waals surface area contributed by atoms with Crippen LogP contribution in [0.2, 0.25) is 0 Å². The maximum atomic E-state index is 7.26. The molecule has 1 aliphatic carbocycles. The Labute approximate surface area is 487 Å². The second-order valence-corrected chi connectivity index (χ2v) is 22.6. The zero-order chi connectivity index (χ0) is 55.5. The van der Waals surface area contributed by atoms with Gasteiger partial charge in [-0.3, -0.25) is 0 Å². The van der Waals surface area contributed by atoms with E-state index in [-0.39, 0.29) is 40.1 Å². The van der Waals surface area contributed by atoms with E-state index in [1.54, 1.807) is 0 Å². The van der Waals surface area contributed by atoms with Gasteiger partial charge in [-0.05, 0) is 144 Å². The van der Waals surface area contributed by atoms with Crippen molar-refractivity contribution >= 4 is 128 Å². The molecule has 0 N–H and O–H groups in total. The normalized spacial score (nSPS) is 12.4. The first kappa shape index (κ1) is 47.3. The van der Waals surface area contributed by atoms with E-state index in [1.807, 2.05) is 54.6 Å². The Kier molecular flexibility index (Phi) is 16.9. The largest absolute Gasteiger partial charge is 0.0635 e. The summed E-state index contributed by atoms with van der Waals surface area (Å²) in [6, 6.07) is 80.8. The first-order valence-corrected chi connectivity index (χ1v) is 28.1. The summed E-state index contributed by atoms with van der Waals surface area (Å²) in [5, 5.41) is 8.00. The third-order valence-electron chi connectivity index (χ3n) is 12.1. The van der Waals surface area contributed by atoms with Gasteiger partial charge >= 0.3 is 0 Å². The lowest BCUT2D eigenvalue weighted by atomic mass is 9.82. The fourth-order valence-electron chi connectivity index (χ4n) is 8.60. The van der Waals surface area contributed by atoms with E-state index in [0.717, 1.165) is 17.9 Å². The van der Waals surface area contributed by atoms with Gasteiger partial charge in [0.1, 0.15) is 0 Å². The maximum Gasteiger partial charge on any atom is 0.0635 e. The SMILES string of the molecule is Brc1ccc(-c2ccccc2)cc1.Brc1ccc2ccc3cccc4ccc1c2c34.Brc1cccc(-c2ccccc2)c1.Brc1ccccc1.CC1(C)c2ccccc2-c2ccc(Br)cc21.[2H]c1c([2H])c([2H])c(Br)c([2H])c1[2H]. The van der Waals surface area contributed by atoms with Crippen LogP contribution in [-0.4, -0.2) is 0 Å². The molecule has 0 atom stereocenters. The van der Waals surface area contributed by atoms with Crippen molar-refractivity contribution in [1.82, 2.24) is 0 Å². The number of halogens is 6. The van der Waals surface area contributed by atoms with E-state index in [9.17, 15) is 0 Å². The van der Waals surface area contributed by atoms with E-state index >= 15 is 0 Å². The molecule has 12 aromatic carbocycles. The maximum absolute atomic E-state index is 7.26. The van der Waals surface area contributed by atoms with Crippen LogP contribution in [0.15, 0.2) is 294 Å². The Morgan fingerprint density at radius 2 is 0.767 bits per heavy atom. The minimum absolute atomic E-state index is 0.105. The fraction of sp³-hybridized carbons (Fsp3) is 0.0448. The minimum atomic E-state index is -0.367. The molecule has 0 aliphatic heterocycles. The van der Waals surface area contributed by atoms with Crippen molar-refractivity contribution in [2.45, 2.75) is 19.3 Å². The third-order valence-corrected chi connectivity index (χ3v) is 15.2. The summed E-state index contributed by atoms with van der Waals surface area (Å²) in [6.45, 7) is 4.59. The third kappa shape index (κ3) is 14.2. The molecule has 0 unspecified atom stereocenters. The quantitative estimate of drug-likeness (QED) is 0.151. The Bertz CT molecular complexity index is 3830. The monoisotopic (exact) mass is 1330 g/mol. The highest BCUT2D eigenvalue weighted by Crippen LogP contribution is 2.49. The van der Waals surface area contributed by atoms with Gasteiger partial charge in [0, 0.05) is 32.3 Å². The molecule has 6 heteroatoms. The van der Waals surface area contributed by atoms with Crippen molar-refractivity contribution in [3.8, 4) is 33.4 Å². The summed E-state index contributed by atoms with van der Waals surface area (Å²) in [7, 11) is 0. The predicted octanol–water partition coefficient (Wildman–Crippen LogP) is 23.2. The van der Waals surface area contributed by atoms with Crippen molar-refractivity contribution in [1.29, 1.82) is 0 Å². The van der Waals surface area contributed by atoms with Crippen molar-refractivity contribution in [3.05, 3.63) is 305 Å². The number of fused-ring (bicyclic) bond motifs is 3. The van der Waals surface area contributed by atoms with Crippen LogP contribution in [0.4, 0.5) is 0 Å². The summed E-state index contributed by atoms with van der Waals surface area (Å²) in [4.78, 5) is 0. The molecule has 0 nitrogen and oxygen atoms in total.